The number of hydrogen-bond acceptors (Lipinski definition) is 16. The number of carbonyl (C=O) groups is 3. The molecule has 0 N–H and O–H groups in total. The van der Waals surface area contributed by atoms with E-state index in [0.29, 0.717) is 19.6 Å². The summed E-state index contributed by atoms with van der Waals surface area (Å²) in [5.74, 6) is -2.41. The SMILES string of the molecule is CO[C@H]1O[C@H](CO[C@H]2O[C@H](CO[C@H]3O[C@H](CO[Si](C)(C)C(C)(C)C)[C@H]4C(=O)[C@@H]3CON4Cc3ccccc3)[C@H]3C(=O)[C@@H]2CON3Cc2ccccc2)[C@H]2C(=O)[C@@H]1CON2Cc1ccccc1. The number of methoxy groups -OCH3 is 1. The Morgan fingerprint density at radius 3 is 1.21 bits per heavy atom. The number of hydroxylamine groups is 6. The smallest absolute Gasteiger partial charge is 0.192 e. The molecule has 0 saturated carbocycles. The van der Waals surface area contributed by atoms with Crippen LogP contribution in [0.2, 0.25) is 18.1 Å². The quantitative estimate of drug-likeness (QED) is 0.180. The van der Waals surface area contributed by atoms with Gasteiger partial charge in [0.15, 0.2) is 44.5 Å². The molecule has 0 radical (unpaired) electrons. The van der Waals surface area contributed by atoms with Gasteiger partial charge in [-0.15, -0.1) is 0 Å². The standard InChI is InChI=1S/C49H63N3O13Si/c1-49(2,3)66(5,6)62-30-39-42-45(55)36(27-61-52(42)24-33-20-14-9-15-21-33)48(65-39)58-29-38-41-44(54)35(26-60-51(41)23-32-18-12-8-13-19-32)47(64-38)57-28-37-40-43(53)34(46(56-4)63-37)25-59-50(40)22-31-16-10-7-11-17-31/h7-21,34-42,46-48H,22-30H2,1-6H3/t34-,35-,36-,37+,38+,39+,40-,41-,42-,46-,47-,48-/m0/s1. The fourth-order valence-corrected chi connectivity index (χ4v) is 10.4. The molecule has 16 nitrogen and oxygen atoms in total. The molecule has 0 aromatic heterocycles. The topological polar surface area (TPSA) is 153 Å². The highest BCUT2D eigenvalue weighted by Gasteiger charge is 2.57. The van der Waals surface area contributed by atoms with Crippen LogP contribution < -0.4 is 0 Å². The van der Waals surface area contributed by atoms with Gasteiger partial charge in [-0.25, -0.2) is 0 Å². The highest BCUT2D eigenvalue weighted by Crippen LogP contribution is 2.40. The molecule has 356 valence electrons. The summed E-state index contributed by atoms with van der Waals surface area (Å²) in [7, 11) is -0.777. The number of hydrogen-bond donors (Lipinski definition) is 0. The fraction of sp³-hybridized carbons (Fsp3) is 0.571. The molecule has 6 heterocycles. The predicted octanol–water partition coefficient (Wildman–Crippen LogP) is 4.87. The van der Waals surface area contributed by atoms with E-state index in [-0.39, 0.29) is 62.0 Å². The third kappa shape index (κ3) is 9.93. The normalized spacial score (nSPS) is 33.3. The molecule has 6 saturated heterocycles. The van der Waals surface area contributed by atoms with Crippen LogP contribution in [-0.4, -0.2) is 143 Å². The lowest BCUT2D eigenvalue weighted by Gasteiger charge is -2.50. The number of ether oxygens (including phenoxy) is 6. The van der Waals surface area contributed by atoms with E-state index in [1.165, 1.54) is 7.11 Å². The van der Waals surface area contributed by atoms with Crippen molar-refractivity contribution in [2.24, 2.45) is 17.8 Å². The minimum atomic E-state index is -2.27. The average Bonchev–Trinajstić information content (AvgIpc) is 3.29. The molecule has 0 aliphatic carbocycles. The molecule has 17 heteroatoms. The first-order valence-electron chi connectivity index (χ1n) is 23.1. The molecule has 0 spiro atoms. The Labute approximate surface area is 387 Å². The Kier molecular flexibility index (Phi) is 14.5. The number of carbonyl (C=O) groups excluding carboxylic acids is 3. The lowest BCUT2D eigenvalue weighted by molar-refractivity contribution is -0.346. The second kappa shape index (κ2) is 20.1. The zero-order valence-corrected chi connectivity index (χ0v) is 39.6. The van der Waals surface area contributed by atoms with Gasteiger partial charge in [0.2, 0.25) is 0 Å². The molecule has 12 atom stereocenters. The lowest BCUT2D eigenvalue weighted by atomic mass is 9.88. The van der Waals surface area contributed by atoms with E-state index in [9.17, 15) is 14.4 Å². The van der Waals surface area contributed by atoms with Gasteiger partial charge in [0.05, 0.1) is 77.0 Å². The van der Waals surface area contributed by atoms with Crippen molar-refractivity contribution in [3.63, 3.8) is 0 Å². The van der Waals surface area contributed by atoms with Gasteiger partial charge in [0.1, 0.15) is 36.4 Å². The second-order valence-corrected chi connectivity index (χ2v) is 24.3. The fourth-order valence-electron chi connectivity index (χ4n) is 9.40. The molecule has 6 aliphatic heterocycles. The van der Waals surface area contributed by atoms with E-state index in [0.717, 1.165) is 16.7 Å². The van der Waals surface area contributed by atoms with Crippen LogP contribution in [0.5, 0.6) is 0 Å². The Morgan fingerprint density at radius 2 is 0.864 bits per heavy atom. The van der Waals surface area contributed by atoms with E-state index >= 15 is 0 Å². The first-order valence-corrected chi connectivity index (χ1v) is 26.0. The maximum atomic E-state index is 14.6. The number of nitrogens with zero attached hydrogens (tertiary/aromatic N) is 3. The van der Waals surface area contributed by atoms with E-state index in [4.69, 9.17) is 47.4 Å². The summed E-state index contributed by atoms with van der Waals surface area (Å²) in [6.07, 6.45) is -5.39. The van der Waals surface area contributed by atoms with E-state index in [2.05, 4.69) is 33.9 Å². The van der Waals surface area contributed by atoms with Crippen molar-refractivity contribution in [3.8, 4) is 0 Å². The van der Waals surface area contributed by atoms with Crippen molar-refractivity contribution in [1.29, 1.82) is 0 Å². The predicted molar refractivity (Wildman–Crippen MR) is 239 cm³/mol. The molecule has 6 bridgehead atoms. The molecule has 66 heavy (non-hydrogen) atoms. The van der Waals surface area contributed by atoms with Crippen LogP contribution in [0.3, 0.4) is 0 Å². The van der Waals surface area contributed by atoms with Crippen LogP contribution in [0.15, 0.2) is 91.0 Å². The summed E-state index contributed by atoms with van der Waals surface area (Å²) in [6, 6.07) is 26.9. The van der Waals surface area contributed by atoms with Crippen molar-refractivity contribution in [3.05, 3.63) is 108 Å². The zero-order chi connectivity index (χ0) is 46.2. The largest absolute Gasteiger partial charge is 0.414 e. The number of fused-ring (bicyclic) bond motifs is 6. The second-order valence-electron chi connectivity index (χ2n) is 19.5. The van der Waals surface area contributed by atoms with Gasteiger partial charge in [-0.1, -0.05) is 112 Å². The molecule has 6 aliphatic rings. The first kappa shape index (κ1) is 47.4. The van der Waals surface area contributed by atoms with E-state index in [1.54, 1.807) is 15.2 Å². The molecule has 6 fully saturated rings. The van der Waals surface area contributed by atoms with Crippen LogP contribution in [0, 0.1) is 17.8 Å². The number of Topliss-reactive ketones (excluding diaryl/α,β-unsaturated/α-hetero) is 3. The number of ketones is 3. The van der Waals surface area contributed by atoms with Crippen molar-refractivity contribution >= 4 is 25.7 Å². The Bertz CT molecular complexity index is 2130. The van der Waals surface area contributed by atoms with Gasteiger partial charge < -0.3 is 32.8 Å². The van der Waals surface area contributed by atoms with Gasteiger partial charge in [0.25, 0.3) is 0 Å². The highest BCUT2D eigenvalue weighted by molar-refractivity contribution is 6.74. The molecule has 3 aromatic rings. The Balaban J connectivity index is 0.942. The van der Waals surface area contributed by atoms with Crippen molar-refractivity contribution in [2.45, 2.75) is 114 Å². The summed E-state index contributed by atoms with van der Waals surface area (Å²) in [6.45, 7) is 12.0. The third-order valence-electron chi connectivity index (χ3n) is 14.2. The summed E-state index contributed by atoms with van der Waals surface area (Å²) in [5, 5.41) is 4.93. The van der Waals surface area contributed by atoms with Crippen LogP contribution in [0.25, 0.3) is 0 Å². The van der Waals surface area contributed by atoms with Crippen LogP contribution in [0.4, 0.5) is 0 Å². The summed E-state index contributed by atoms with van der Waals surface area (Å²) in [4.78, 5) is 62.0. The molecular formula is C49H63N3O13Si. The van der Waals surface area contributed by atoms with Crippen molar-refractivity contribution < 1.29 is 61.7 Å². The van der Waals surface area contributed by atoms with Crippen LogP contribution in [0.1, 0.15) is 37.5 Å². The van der Waals surface area contributed by atoms with E-state index in [1.807, 2.05) is 91.0 Å². The van der Waals surface area contributed by atoms with Gasteiger partial charge in [-0.2, -0.15) is 15.2 Å². The van der Waals surface area contributed by atoms with Crippen molar-refractivity contribution in [1.82, 2.24) is 15.2 Å². The van der Waals surface area contributed by atoms with Crippen molar-refractivity contribution in [2.75, 3.05) is 46.8 Å². The minimum absolute atomic E-state index is 0.0107. The number of benzene rings is 3. The first-order chi connectivity index (χ1) is 31.8. The minimum Gasteiger partial charge on any atom is -0.414 e. The maximum Gasteiger partial charge on any atom is 0.192 e. The summed E-state index contributed by atoms with van der Waals surface area (Å²) >= 11 is 0. The number of rotatable bonds is 16. The van der Waals surface area contributed by atoms with Gasteiger partial charge in [-0.3, -0.25) is 28.9 Å². The Morgan fingerprint density at radius 1 is 0.530 bits per heavy atom. The highest BCUT2D eigenvalue weighted by atomic mass is 28.4. The zero-order valence-electron chi connectivity index (χ0n) is 38.6. The monoisotopic (exact) mass is 929 g/mol. The third-order valence-corrected chi connectivity index (χ3v) is 18.7. The summed E-state index contributed by atoms with van der Waals surface area (Å²) in [5.41, 5.74) is 2.90. The molecule has 3 aromatic carbocycles. The van der Waals surface area contributed by atoms with Crippen LogP contribution in [-0.2, 0) is 81.4 Å². The average molecular weight is 930 g/mol. The molecular weight excluding hydrogens is 867 g/mol. The Hall–Kier alpha value is -3.63. The van der Waals surface area contributed by atoms with Gasteiger partial charge in [0, 0.05) is 7.11 Å². The van der Waals surface area contributed by atoms with Crippen LogP contribution >= 0.6 is 0 Å². The molecule has 0 amide bonds. The molecule has 9 rings (SSSR count). The van der Waals surface area contributed by atoms with Gasteiger partial charge in [-0.05, 0) is 34.8 Å². The lowest BCUT2D eigenvalue weighted by Crippen LogP contribution is -2.67. The van der Waals surface area contributed by atoms with E-state index < -0.39 is 81.4 Å². The summed E-state index contributed by atoms with van der Waals surface area (Å²) < 4.78 is 45.3. The van der Waals surface area contributed by atoms with Gasteiger partial charge >= 0.3 is 0 Å². The maximum absolute atomic E-state index is 14.6. The molecule has 0 unspecified atom stereocenters.